The Morgan fingerprint density at radius 2 is 1.33 bits per heavy atom. The Balaban J connectivity index is 3.33. The zero-order valence-electron chi connectivity index (χ0n) is 17.9. The summed E-state index contributed by atoms with van der Waals surface area (Å²) in [5, 5.41) is 22.1. The molecule has 0 aromatic rings. The van der Waals surface area contributed by atoms with Crippen LogP contribution in [0.5, 0.6) is 0 Å². The highest BCUT2D eigenvalue weighted by molar-refractivity contribution is 7.99. The summed E-state index contributed by atoms with van der Waals surface area (Å²) in [7, 11) is 0. The van der Waals surface area contributed by atoms with Crippen LogP contribution in [0.15, 0.2) is 9.98 Å². The lowest BCUT2D eigenvalue weighted by Crippen LogP contribution is -2.24. The number of nitrogens with one attached hydrogen (secondary N) is 2. The first-order valence-corrected chi connectivity index (χ1v) is 13.0. The summed E-state index contributed by atoms with van der Waals surface area (Å²) >= 11 is 3.82. The van der Waals surface area contributed by atoms with Crippen molar-refractivity contribution in [3.63, 3.8) is 0 Å². The lowest BCUT2D eigenvalue weighted by atomic mass is 10.5. The fraction of sp³-hybridized carbons (Fsp3) is 0.750. The fourth-order valence-electron chi connectivity index (χ4n) is 1.29. The summed E-state index contributed by atoms with van der Waals surface area (Å²) in [5.74, 6) is 1.51. The minimum atomic E-state index is -0.576. The van der Waals surface area contributed by atoms with Crippen LogP contribution in [0.2, 0.25) is 0 Å². The van der Waals surface area contributed by atoms with Crippen LogP contribution in [-0.2, 0) is 29.0 Å². The van der Waals surface area contributed by atoms with Crippen LogP contribution in [0.25, 0.3) is 0 Å². The highest BCUT2D eigenvalue weighted by atomic mass is 32.2. The summed E-state index contributed by atoms with van der Waals surface area (Å²) in [6.07, 6.45) is 2.01. The van der Waals surface area contributed by atoms with Gasteiger partial charge in [-0.2, -0.15) is 9.78 Å². The standard InChI is InChI=1S/C16H30N4O10S3/c21-3-1-5-25-15(23)19-11-31-10-18-8-29-30-14-33-13-26-16(24)20-12-32-9-17-7-28-27-6-2-4-22/h7-8,21-22H,1-6,9-14H2,(H,19,23)(H,20,24)/b17-7-,18-8+. The lowest BCUT2D eigenvalue weighted by molar-refractivity contribution is -0.217. The highest BCUT2D eigenvalue weighted by Gasteiger charge is 2.01. The maximum Gasteiger partial charge on any atom is 0.408 e. The molecule has 0 fully saturated rings. The molecule has 0 aliphatic heterocycles. The molecule has 14 nitrogen and oxygen atoms in total. The van der Waals surface area contributed by atoms with Crippen molar-refractivity contribution in [2.45, 2.75) is 12.8 Å². The molecular formula is C16H30N4O10S3. The smallest absolute Gasteiger partial charge is 0.408 e. The second kappa shape index (κ2) is 26.6. The van der Waals surface area contributed by atoms with Crippen LogP contribution >= 0.6 is 35.3 Å². The summed E-state index contributed by atoms with van der Waals surface area (Å²) in [5.41, 5.74) is 0. The molecule has 17 heteroatoms. The van der Waals surface area contributed by atoms with Gasteiger partial charge in [0.1, 0.15) is 11.9 Å². The monoisotopic (exact) mass is 534 g/mol. The van der Waals surface area contributed by atoms with Crippen LogP contribution in [0.4, 0.5) is 9.59 Å². The number of amides is 2. The van der Waals surface area contributed by atoms with Crippen LogP contribution in [0.1, 0.15) is 12.8 Å². The first-order chi connectivity index (χ1) is 16.2. The van der Waals surface area contributed by atoms with Crippen LogP contribution in [0, 0.1) is 0 Å². The molecule has 0 atom stereocenters. The van der Waals surface area contributed by atoms with Crippen molar-refractivity contribution in [1.29, 1.82) is 0 Å². The summed E-state index contributed by atoms with van der Waals surface area (Å²) in [6, 6.07) is 0. The van der Waals surface area contributed by atoms with Gasteiger partial charge in [-0.15, -0.1) is 23.5 Å². The van der Waals surface area contributed by atoms with Gasteiger partial charge in [-0.05, 0) is 6.42 Å². The molecule has 192 valence electrons. The molecule has 0 saturated carbocycles. The lowest BCUT2D eigenvalue weighted by Gasteiger charge is -2.06. The number of hydrogen-bond acceptors (Lipinski definition) is 15. The van der Waals surface area contributed by atoms with Gasteiger partial charge in [-0.3, -0.25) is 0 Å². The predicted molar refractivity (Wildman–Crippen MR) is 126 cm³/mol. The molecule has 0 saturated heterocycles. The fourth-order valence-corrected chi connectivity index (χ4v) is 2.63. The van der Waals surface area contributed by atoms with Gasteiger partial charge in [0.15, 0.2) is 0 Å². The number of carbonyl (C=O) groups is 2. The van der Waals surface area contributed by atoms with E-state index in [0.717, 1.165) is 12.8 Å². The van der Waals surface area contributed by atoms with Gasteiger partial charge in [0.25, 0.3) is 0 Å². The van der Waals surface area contributed by atoms with E-state index in [4.69, 9.17) is 29.5 Å². The van der Waals surface area contributed by atoms with Gasteiger partial charge in [0, 0.05) is 19.6 Å². The minimum absolute atomic E-state index is 0.0291. The van der Waals surface area contributed by atoms with Crippen LogP contribution in [-0.4, -0.2) is 97.0 Å². The highest BCUT2D eigenvalue weighted by Crippen LogP contribution is 2.02. The second-order valence-corrected chi connectivity index (χ2v) is 7.97. The number of aliphatic imine (C=N–C) groups is 2. The van der Waals surface area contributed by atoms with E-state index in [1.807, 2.05) is 0 Å². The molecule has 0 rings (SSSR count). The molecule has 2 amide bonds. The van der Waals surface area contributed by atoms with Crippen molar-refractivity contribution in [2.75, 3.05) is 61.8 Å². The Hall–Kier alpha value is -1.63. The number of aliphatic hydroxyl groups is 2. The Morgan fingerprint density at radius 1 is 0.758 bits per heavy atom. The number of alkyl carbamates (subject to hydrolysis) is 2. The van der Waals surface area contributed by atoms with Crippen molar-refractivity contribution in [3.05, 3.63) is 0 Å². The van der Waals surface area contributed by atoms with E-state index in [2.05, 4.69) is 30.4 Å². The molecule has 0 unspecified atom stereocenters. The number of thioether (sulfide) groups is 3. The first-order valence-electron chi connectivity index (χ1n) is 9.50. The molecule has 0 aromatic heterocycles. The van der Waals surface area contributed by atoms with E-state index >= 15 is 0 Å². The van der Waals surface area contributed by atoms with Crippen molar-refractivity contribution >= 4 is 60.3 Å². The Kier molecular flexibility index (Phi) is 25.3. The topological polar surface area (TPSA) is 179 Å². The third kappa shape index (κ3) is 26.5. The summed E-state index contributed by atoms with van der Waals surface area (Å²) in [4.78, 5) is 49.2. The number of hydrogen-bond donors (Lipinski definition) is 4. The van der Waals surface area contributed by atoms with E-state index < -0.39 is 12.2 Å². The molecule has 0 heterocycles. The Labute approximate surface area is 204 Å². The maximum absolute atomic E-state index is 11.4. The minimum Gasteiger partial charge on any atom is -0.449 e. The van der Waals surface area contributed by atoms with Gasteiger partial charge < -0.3 is 40.1 Å². The average molecular weight is 535 g/mol. The van der Waals surface area contributed by atoms with Gasteiger partial charge in [0.2, 0.25) is 12.8 Å². The van der Waals surface area contributed by atoms with E-state index in [1.54, 1.807) is 0 Å². The van der Waals surface area contributed by atoms with Crippen LogP contribution in [0.3, 0.4) is 0 Å². The number of aliphatic hydroxyl groups excluding tert-OH is 2. The number of carbonyl (C=O) groups excluding carboxylic acids is 2. The maximum atomic E-state index is 11.4. The van der Waals surface area contributed by atoms with E-state index in [-0.39, 0.29) is 38.3 Å². The molecule has 4 N–H and O–H groups in total. The number of rotatable bonds is 22. The van der Waals surface area contributed by atoms with Crippen LogP contribution < -0.4 is 10.6 Å². The quantitative estimate of drug-likeness (QED) is 0.0388. The molecule has 0 aliphatic carbocycles. The molecular weight excluding hydrogens is 504 g/mol. The van der Waals surface area contributed by atoms with Crippen molar-refractivity contribution in [3.8, 4) is 0 Å². The van der Waals surface area contributed by atoms with E-state index in [9.17, 15) is 9.59 Å². The predicted octanol–water partition coefficient (Wildman–Crippen LogP) is 1.10. The second-order valence-electron chi connectivity index (χ2n) is 5.18. The van der Waals surface area contributed by atoms with Gasteiger partial charge in [-0.25, -0.2) is 19.6 Å². The first kappa shape index (κ1) is 31.4. The molecule has 0 aliphatic rings. The number of ether oxygens (including phenoxy) is 2. The van der Waals surface area contributed by atoms with Crippen molar-refractivity contribution < 1.29 is 48.8 Å². The van der Waals surface area contributed by atoms with Crippen molar-refractivity contribution in [2.24, 2.45) is 9.98 Å². The average Bonchev–Trinajstić information content (AvgIpc) is 2.81. The van der Waals surface area contributed by atoms with E-state index in [0.29, 0.717) is 36.3 Å². The normalized spacial score (nSPS) is 11.0. The van der Waals surface area contributed by atoms with Crippen molar-refractivity contribution in [1.82, 2.24) is 10.6 Å². The Bertz CT molecular complexity index is 535. The third-order valence-corrected chi connectivity index (χ3v) is 4.57. The molecule has 33 heavy (non-hydrogen) atoms. The summed E-state index contributed by atoms with van der Waals surface area (Å²) < 4.78 is 9.69. The van der Waals surface area contributed by atoms with Gasteiger partial charge in [0.05, 0.1) is 36.7 Å². The molecule has 0 spiro atoms. The van der Waals surface area contributed by atoms with Gasteiger partial charge in [-0.1, -0.05) is 11.8 Å². The zero-order valence-corrected chi connectivity index (χ0v) is 20.4. The van der Waals surface area contributed by atoms with E-state index in [1.165, 1.54) is 35.3 Å². The molecule has 0 radical (unpaired) electrons. The largest absolute Gasteiger partial charge is 0.449 e. The summed E-state index contributed by atoms with van der Waals surface area (Å²) in [6.45, 7) is 0.441. The SMILES string of the molecule is O=C(NCSC/N=C/OOCSCOC(=O)NCSC/N=C\OOCCCO)OCCCO. The molecule has 0 aromatic carbocycles. The zero-order chi connectivity index (χ0) is 24.2. The third-order valence-electron chi connectivity index (χ3n) is 2.67. The Morgan fingerprint density at radius 3 is 1.97 bits per heavy atom. The van der Waals surface area contributed by atoms with Gasteiger partial charge >= 0.3 is 12.2 Å². The number of nitrogens with zero attached hydrogens (tertiary/aromatic N) is 2. The molecule has 0 bridgehead atoms.